The highest BCUT2D eigenvalue weighted by Gasteiger charge is 2.12. The first-order valence-electron chi connectivity index (χ1n) is 5.65. The van der Waals surface area contributed by atoms with E-state index < -0.39 is 0 Å². The summed E-state index contributed by atoms with van der Waals surface area (Å²) in [5.74, 6) is 0.141. The lowest BCUT2D eigenvalue weighted by Gasteiger charge is -2.14. The first-order valence-corrected chi connectivity index (χ1v) is 6.44. The topological polar surface area (TPSA) is 35.2 Å². The summed E-state index contributed by atoms with van der Waals surface area (Å²) in [5, 5.41) is 0. The van der Waals surface area contributed by atoms with Gasteiger partial charge in [0.25, 0.3) is 0 Å². The van der Waals surface area contributed by atoms with Crippen LogP contribution in [0.4, 0.5) is 8.78 Å². The Morgan fingerprint density at radius 2 is 1.63 bits per heavy atom. The van der Waals surface area contributed by atoms with Crippen LogP contribution in [-0.2, 0) is 0 Å². The maximum atomic E-state index is 13.2. The first-order chi connectivity index (χ1) is 8.97. The fourth-order valence-electron chi connectivity index (χ4n) is 1.64. The number of hydrogen-bond donors (Lipinski definition) is 1. The van der Waals surface area contributed by atoms with E-state index in [1.165, 1.54) is 36.4 Å². The Labute approximate surface area is 118 Å². The normalized spacial score (nSPS) is 12.3. The van der Waals surface area contributed by atoms with Crippen LogP contribution in [0, 0.1) is 11.6 Å². The van der Waals surface area contributed by atoms with E-state index in [0.717, 1.165) is 0 Å². The third-order valence-electron chi connectivity index (χ3n) is 2.58. The molecular formula is C14H12BrF2NO. The van der Waals surface area contributed by atoms with Crippen LogP contribution < -0.4 is 10.5 Å². The molecule has 100 valence electrons. The number of benzene rings is 2. The molecule has 0 radical (unpaired) electrons. The zero-order valence-corrected chi connectivity index (χ0v) is 11.7. The Balaban J connectivity index is 2.38. The summed E-state index contributed by atoms with van der Waals surface area (Å²) in [7, 11) is 0. The maximum absolute atomic E-state index is 13.2. The van der Waals surface area contributed by atoms with Crippen molar-refractivity contribution < 1.29 is 13.5 Å². The van der Waals surface area contributed by atoms with Crippen LogP contribution in [-0.4, -0.2) is 0 Å². The van der Waals surface area contributed by atoms with Gasteiger partial charge in [0.2, 0.25) is 0 Å². The van der Waals surface area contributed by atoms with Crippen molar-refractivity contribution in [2.24, 2.45) is 5.73 Å². The predicted molar refractivity (Wildman–Crippen MR) is 73.2 cm³/mol. The van der Waals surface area contributed by atoms with E-state index >= 15 is 0 Å². The van der Waals surface area contributed by atoms with Crippen LogP contribution in [0.5, 0.6) is 11.5 Å². The van der Waals surface area contributed by atoms with Crippen molar-refractivity contribution in [2.45, 2.75) is 13.0 Å². The van der Waals surface area contributed by atoms with Gasteiger partial charge in [0.1, 0.15) is 23.1 Å². The molecule has 2 rings (SSSR count). The zero-order valence-electron chi connectivity index (χ0n) is 10.2. The van der Waals surface area contributed by atoms with Gasteiger partial charge in [-0.25, -0.2) is 8.78 Å². The third-order valence-corrected chi connectivity index (χ3v) is 3.20. The number of nitrogens with two attached hydrogens (primary N) is 1. The average molecular weight is 328 g/mol. The largest absolute Gasteiger partial charge is 0.456 e. The quantitative estimate of drug-likeness (QED) is 0.898. The monoisotopic (exact) mass is 327 g/mol. The highest BCUT2D eigenvalue weighted by atomic mass is 79.9. The smallest absolute Gasteiger partial charge is 0.141 e. The molecule has 2 nitrogen and oxygen atoms in total. The second kappa shape index (κ2) is 5.67. The van der Waals surface area contributed by atoms with Gasteiger partial charge < -0.3 is 10.5 Å². The van der Waals surface area contributed by atoms with Crippen LogP contribution in [0.15, 0.2) is 40.9 Å². The van der Waals surface area contributed by atoms with Gasteiger partial charge in [0.05, 0.1) is 4.47 Å². The van der Waals surface area contributed by atoms with Gasteiger partial charge in [-0.2, -0.15) is 0 Å². The zero-order chi connectivity index (χ0) is 14.0. The molecule has 0 fully saturated rings. The van der Waals surface area contributed by atoms with Crippen LogP contribution in [0.2, 0.25) is 0 Å². The second-order valence-electron chi connectivity index (χ2n) is 4.15. The summed E-state index contributed by atoms with van der Waals surface area (Å²) in [6.45, 7) is 1.74. The highest BCUT2D eigenvalue weighted by molar-refractivity contribution is 9.10. The molecule has 0 aliphatic rings. The molecule has 2 aromatic carbocycles. The molecule has 0 saturated heterocycles. The van der Waals surface area contributed by atoms with Gasteiger partial charge >= 0.3 is 0 Å². The molecule has 0 amide bonds. The molecule has 2 N–H and O–H groups in total. The van der Waals surface area contributed by atoms with Crippen molar-refractivity contribution in [3.05, 3.63) is 58.1 Å². The fourth-order valence-corrected chi connectivity index (χ4v) is 2.08. The lowest BCUT2D eigenvalue weighted by atomic mass is 10.1. The van der Waals surface area contributed by atoms with Crippen molar-refractivity contribution in [1.82, 2.24) is 0 Å². The van der Waals surface area contributed by atoms with Crippen molar-refractivity contribution in [2.75, 3.05) is 0 Å². The molecule has 0 aromatic heterocycles. The molecule has 0 aliphatic carbocycles. The van der Waals surface area contributed by atoms with Crippen LogP contribution >= 0.6 is 15.9 Å². The summed E-state index contributed by atoms with van der Waals surface area (Å²) in [6.07, 6.45) is 0. The minimum atomic E-state index is -0.377. The molecule has 0 heterocycles. The number of halogens is 3. The number of ether oxygens (including phenoxy) is 1. The third kappa shape index (κ3) is 3.30. The Kier molecular flexibility index (Phi) is 4.17. The van der Waals surface area contributed by atoms with Gasteiger partial charge in [-0.15, -0.1) is 0 Å². The minimum absolute atomic E-state index is 0.370. The summed E-state index contributed by atoms with van der Waals surface area (Å²) in [6, 6.07) is 7.83. The number of rotatable bonds is 3. The van der Waals surface area contributed by atoms with E-state index in [1.807, 2.05) is 0 Å². The molecule has 0 bridgehead atoms. The summed E-state index contributed by atoms with van der Waals surface area (Å²) < 4.78 is 32.3. The van der Waals surface area contributed by atoms with E-state index in [1.54, 1.807) is 6.92 Å². The van der Waals surface area contributed by atoms with Crippen molar-refractivity contribution in [1.29, 1.82) is 0 Å². The summed E-state index contributed by atoms with van der Waals surface area (Å²) >= 11 is 3.21. The first kappa shape index (κ1) is 14.0. The SMILES string of the molecule is CC(N)c1cc(F)ccc1Oc1ccc(F)cc1Br. The van der Waals surface area contributed by atoms with E-state index in [9.17, 15) is 8.78 Å². The van der Waals surface area contributed by atoms with Crippen molar-refractivity contribution in [3.63, 3.8) is 0 Å². The molecular weight excluding hydrogens is 316 g/mol. The standard InChI is InChI=1S/C14H12BrF2NO/c1-8(18)11-6-9(16)2-4-13(11)19-14-5-3-10(17)7-12(14)15/h2-8H,18H2,1H3. The van der Waals surface area contributed by atoms with Crippen molar-refractivity contribution >= 4 is 15.9 Å². The molecule has 19 heavy (non-hydrogen) atoms. The second-order valence-corrected chi connectivity index (χ2v) is 5.00. The molecule has 0 saturated carbocycles. The molecule has 1 unspecified atom stereocenters. The van der Waals surface area contributed by atoms with Crippen LogP contribution in [0.3, 0.4) is 0 Å². The van der Waals surface area contributed by atoms with E-state index in [2.05, 4.69) is 15.9 Å². The molecule has 5 heteroatoms. The van der Waals surface area contributed by atoms with Gasteiger partial charge in [-0.05, 0) is 59.3 Å². The maximum Gasteiger partial charge on any atom is 0.141 e. The van der Waals surface area contributed by atoms with Gasteiger partial charge in [0.15, 0.2) is 0 Å². The predicted octanol–water partition coefficient (Wildman–Crippen LogP) is 4.54. The van der Waals surface area contributed by atoms with E-state index in [-0.39, 0.29) is 17.7 Å². The molecule has 1 atom stereocenters. The Morgan fingerprint density at radius 3 is 2.21 bits per heavy atom. The summed E-state index contributed by atoms with van der Waals surface area (Å²) in [4.78, 5) is 0. The minimum Gasteiger partial charge on any atom is -0.456 e. The van der Waals surface area contributed by atoms with Crippen molar-refractivity contribution in [3.8, 4) is 11.5 Å². The average Bonchev–Trinajstić information content (AvgIpc) is 2.34. The number of hydrogen-bond acceptors (Lipinski definition) is 2. The van der Waals surface area contributed by atoms with E-state index in [0.29, 0.717) is 21.5 Å². The molecule has 0 spiro atoms. The lowest BCUT2D eigenvalue weighted by molar-refractivity contribution is 0.464. The van der Waals surface area contributed by atoms with Gasteiger partial charge in [0, 0.05) is 11.6 Å². The Bertz CT molecular complexity index is 602. The van der Waals surface area contributed by atoms with Gasteiger partial charge in [-0.1, -0.05) is 0 Å². The van der Waals surface area contributed by atoms with Crippen LogP contribution in [0.25, 0.3) is 0 Å². The molecule has 0 aliphatic heterocycles. The van der Waals surface area contributed by atoms with Crippen LogP contribution in [0.1, 0.15) is 18.5 Å². The Hall–Kier alpha value is -1.46. The summed E-state index contributed by atoms with van der Waals surface area (Å²) in [5.41, 5.74) is 6.33. The molecule has 2 aromatic rings. The fraction of sp³-hybridized carbons (Fsp3) is 0.143. The van der Waals surface area contributed by atoms with E-state index in [4.69, 9.17) is 10.5 Å². The highest BCUT2D eigenvalue weighted by Crippen LogP contribution is 2.33. The van der Waals surface area contributed by atoms with Gasteiger partial charge in [-0.3, -0.25) is 0 Å². The lowest BCUT2D eigenvalue weighted by Crippen LogP contribution is -2.07. The Morgan fingerprint density at radius 1 is 1.05 bits per heavy atom.